The van der Waals surface area contributed by atoms with Gasteiger partial charge in [0.15, 0.2) is 0 Å². The van der Waals surface area contributed by atoms with Gasteiger partial charge in [0.2, 0.25) is 11.8 Å². The van der Waals surface area contributed by atoms with Crippen molar-refractivity contribution in [3.63, 3.8) is 0 Å². The highest BCUT2D eigenvalue weighted by Crippen LogP contribution is 2.31. The number of anilines is 2. The zero-order valence-electron chi connectivity index (χ0n) is 16.7. The number of rotatable bonds is 4. The minimum atomic E-state index is -0.699. The van der Waals surface area contributed by atoms with Crippen molar-refractivity contribution >= 4 is 29.1 Å². The molecule has 0 aromatic heterocycles. The summed E-state index contributed by atoms with van der Waals surface area (Å²) in [6.45, 7) is 0.297. The molecule has 1 spiro atoms. The Bertz CT molecular complexity index is 993. The number of hydrogen-bond donors (Lipinski definition) is 3. The number of nitrogens with zero attached hydrogens (tertiary/aromatic N) is 1. The standard InChI is InChI=1S/C22H24N4O4/c1-30-18-9-5-4-8-17(18)23-19(27)14-26-13-12-22(11-10-20(26)28)24-16-7-3-2-6-15(16)21(29)25-22/h2-9,24H,10-14H2,1H3,(H,23,27)(H,25,29)/t22-/m1/s1. The number of carbonyl (C=O) groups excluding carboxylic acids is 3. The van der Waals surface area contributed by atoms with Crippen molar-refractivity contribution in [2.24, 2.45) is 0 Å². The lowest BCUT2D eigenvalue weighted by Crippen LogP contribution is -2.58. The second-order valence-corrected chi connectivity index (χ2v) is 7.52. The average Bonchev–Trinajstić information content (AvgIpc) is 2.88. The number of likely N-dealkylation sites (tertiary alicyclic amines) is 1. The molecule has 156 valence electrons. The molecule has 3 amide bonds. The van der Waals surface area contributed by atoms with Gasteiger partial charge in [0.05, 0.1) is 24.9 Å². The number of fused-ring (bicyclic) bond motifs is 1. The van der Waals surface area contributed by atoms with E-state index in [9.17, 15) is 14.4 Å². The van der Waals surface area contributed by atoms with E-state index in [1.807, 2.05) is 24.3 Å². The third kappa shape index (κ3) is 3.94. The van der Waals surface area contributed by atoms with Crippen molar-refractivity contribution in [3.8, 4) is 5.75 Å². The van der Waals surface area contributed by atoms with Gasteiger partial charge in [-0.1, -0.05) is 24.3 Å². The number of ether oxygens (including phenoxy) is 1. The molecule has 1 atom stereocenters. The first-order valence-electron chi connectivity index (χ1n) is 9.90. The number of carbonyl (C=O) groups is 3. The molecule has 1 fully saturated rings. The first kappa shape index (κ1) is 19.8. The number of para-hydroxylation sites is 3. The van der Waals surface area contributed by atoms with Crippen LogP contribution in [0.15, 0.2) is 48.5 Å². The van der Waals surface area contributed by atoms with Crippen LogP contribution >= 0.6 is 0 Å². The first-order chi connectivity index (χ1) is 14.5. The summed E-state index contributed by atoms with van der Waals surface area (Å²) >= 11 is 0. The van der Waals surface area contributed by atoms with E-state index in [0.29, 0.717) is 36.4 Å². The lowest BCUT2D eigenvalue weighted by atomic mass is 9.95. The number of amides is 3. The summed E-state index contributed by atoms with van der Waals surface area (Å²) in [7, 11) is 1.53. The molecule has 2 aliphatic rings. The van der Waals surface area contributed by atoms with Gasteiger partial charge in [-0.25, -0.2) is 0 Å². The van der Waals surface area contributed by atoms with Crippen LogP contribution in [0.4, 0.5) is 11.4 Å². The summed E-state index contributed by atoms with van der Waals surface area (Å²) in [5.74, 6) is -0.00862. The molecular weight excluding hydrogens is 384 g/mol. The molecule has 4 rings (SSSR count). The second-order valence-electron chi connectivity index (χ2n) is 7.52. The van der Waals surface area contributed by atoms with Gasteiger partial charge in [0.1, 0.15) is 11.4 Å². The van der Waals surface area contributed by atoms with Crippen LogP contribution in [-0.4, -0.2) is 48.5 Å². The normalized spacial score (nSPS) is 20.6. The molecule has 1 saturated heterocycles. The Balaban J connectivity index is 1.43. The van der Waals surface area contributed by atoms with Gasteiger partial charge in [0.25, 0.3) is 5.91 Å². The van der Waals surface area contributed by atoms with Crippen molar-refractivity contribution < 1.29 is 19.1 Å². The van der Waals surface area contributed by atoms with Crippen molar-refractivity contribution in [2.45, 2.75) is 24.9 Å². The number of hydrogen-bond acceptors (Lipinski definition) is 5. The van der Waals surface area contributed by atoms with Crippen LogP contribution in [0.1, 0.15) is 29.6 Å². The maximum absolute atomic E-state index is 12.7. The van der Waals surface area contributed by atoms with Gasteiger partial charge >= 0.3 is 0 Å². The fourth-order valence-corrected chi connectivity index (χ4v) is 3.95. The van der Waals surface area contributed by atoms with Gasteiger partial charge in [-0.05, 0) is 30.7 Å². The van der Waals surface area contributed by atoms with Gasteiger partial charge in [-0.3, -0.25) is 14.4 Å². The lowest BCUT2D eigenvalue weighted by molar-refractivity contribution is -0.134. The molecule has 2 aliphatic heterocycles. The predicted molar refractivity (Wildman–Crippen MR) is 112 cm³/mol. The zero-order valence-corrected chi connectivity index (χ0v) is 16.7. The second kappa shape index (κ2) is 8.06. The third-order valence-electron chi connectivity index (χ3n) is 5.54. The SMILES string of the molecule is COc1ccccc1NC(=O)CN1CC[C@@]2(CCC1=O)NC(=O)c1ccccc1N2. The topological polar surface area (TPSA) is 99.8 Å². The molecule has 8 nitrogen and oxygen atoms in total. The Morgan fingerprint density at radius 1 is 1.10 bits per heavy atom. The minimum Gasteiger partial charge on any atom is -0.495 e. The van der Waals surface area contributed by atoms with E-state index in [4.69, 9.17) is 4.74 Å². The monoisotopic (exact) mass is 408 g/mol. The highest BCUT2D eigenvalue weighted by atomic mass is 16.5. The summed E-state index contributed by atoms with van der Waals surface area (Å²) in [5.41, 5.74) is 1.21. The van der Waals surface area contributed by atoms with Crippen LogP contribution in [0, 0.1) is 0 Å². The van der Waals surface area contributed by atoms with Crippen molar-refractivity contribution in [1.29, 1.82) is 0 Å². The van der Waals surface area contributed by atoms with Crippen molar-refractivity contribution in [3.05, 3.63) is 54.1 Å². The molecule has 0 aliphatic carbocycles. The molecule has 3 N–H and O–H groups in total. The van der Waals surface area contributed by atoms with E-state index in [-0.39, 0.29) is 30.7 Å². The summed E-state index contributed by atoms with van der Waals surface area (Å²) in [5, 5.41) is 9.23. The third-order valence-corrected chi connectivity index (χ3v) is 5.54. The zero-order chi connectivity index (χ0) is 21.1. The van der Waals surface area contributed by atoms with E-state index < -0.39 is 5.66 Å². The fourth-order valence-electron chi connectivity index (χ4n) is 3.95. The van der Waals surface area contributed by atoms with Crippen molar-refractivity contribution in [1.82, 2.24) is 10.2 Å². The number of methoxy groups -OCH3 is 1. The van der Waals surface area contributed by atoms with E-state index >= 15 is 0 Å². The molecule has 0 unspecified atom stereocenters. The van der Waals surface area contributed by atoms with Gasteiger partial charge in [0, 0.05) is 25.1 Å². The van der Waals surface area contributed by atoms with Crippen LogP contribution < -0.4 is 20.7 Å². The Labute approximate surface area is 174 Å². The average molecular weight is 408 g/mol. The minimum absolute atomic E-state index is 0.0580. The van der Waals surface area contributed by atoms with Gasteiger partial charge in [-0.2, -0.15) is 0 Å². The lowest BCUT2D eigenvalue weighted by Gasteiger charge is -2.39. The van der Waals surface area contributed by atoms with Crippen LogP contribution in [0.3, 0.4) is 0 Å². The van der Waals surface area contributed by atoms with E-state index in [2.05, 4.69) is 16.0 Å². The molecule has 2 heterocycles. The van der Waals surface area contributed by atoms with Crippen molar-refractivity contribution in [2.75, 3.05) is 30.8 Å². The number of nitrogens with one attached hydrogen (secondary N) is 3. The van der Waals surface area contributed by atoms with E-state index in [1.54, 1.807) is 24.3 Å². The largest absolute Gasteiger partial charge is 0.495 e. The molecular formula is C22H24N4O4. The summed E-state index contributed by atoms with van der Waals surface area (Å²) in [6.07, 6.45) is 1.19. The molecule has 2 aromatic rings. The van der Waals surface area contributed by atoms with Crippen LogP contribution in [0.5, 0.6) is 5.75 Å². The molecule has 30 heavy (non-hydrogen) atoms. The molecule has 0 saturated carbocycles. The highest BCUT2D eigenvalue weighted by molar-refractivity contribution is 6.02. The Kier molecular flexibility index (Phi) is 5.31. The fraction of sp³-hybridized carbons (Fsp3) is 0.318. The number of benzene rings is 2. The van der Waals surface area contributed by atoms with Crippen LogP contribution in [0.25, 0.3) is 0 Å². The first-order valence-corrected chi connectivity index (χ1v) is 9.90. The van der Waals surface area contributed by atoms with Gasteiger partial charge in [-0.15, -0.1) is 0 Å². The molecule has 0 bridgehead atoms. The van der Waals surface area contributed by atoms with Crippen LogP contribution in [-0.2, 0) is 9.59 Å². The van der Waals surface area contributed by atoms with Crippen LogP contribution in [0.2, 0.25) is 0 Å². The maximum atomic E-state index is 12.7. The highest BCUT2D eigenvalue weighted by Gasteiger charge is 2.40. The van der Waals surface area contributed by atoms with Gasteiger partial charge < -0.3 is 25.6 Å². The molecule has 2 aromatic carbocycles. The van der Waals surface area contributed by atoms with E-state index in [0.717, 1.165) is 5.69 Å². The molecule has 0 radical (unpaired) electrons. The predicted octanol–water partition coefficient (Wildman–Crippen LogP) is 2.20. The summed E-state index contributed by atoms with van der Waals surface area (Å²) in [6, 6.07) is 14.4. The Morgan fingerprint density at radius 3 is 2.70 bits per heavy atom. The Hall–Kier alpha value is -3.55. The molecule has 8 heteroatoms. The maximum Gasteiger partial charge on any atom is 0.255 e. The quantitative estimate of drug-likeness (QED) is 0.720. The Morgan fingerprint density at radius 2 is 1.87 bits per heavy atom. The summed E-state index contributed by atoms with van der Waals surface area (Å²) in [4.78, 5) is 39.3. The summed E-state index contributed by atoms with van der Waals surface area (Å²) < 4.78 is 5.25. The smallest absolute Gasteiger partial charge is 0.255 e. The van der Waals surface area contributed by atoms with E-state index in [1.165, 1.54) is 12.0 Å².